The minimum Gasteiger partial charge on any atom is -0.465 e. The fourth-order valence-electron chi connectivity index (χ4n) is 4.86. The normalized spacial score (nSPS) is 13.3. The number of esters is 4. The molecule has 0 radical (unpaired) electrons. The van der Waals surface area contributed by atoms with Crippen LogP contribution in [0.15, 0.2) is 54.6 Å². The van der Waals surface area contributed by atoms with Gasteiger partial charge in [-0.1, -0.05) is 54.6 Å². The van der Waals surface area contributed by atoms with Crippen molar-refractivity contribution in [3.63, 3.8) is 0 Å². The van der Waals surface area contributed by atoms with Crippen molar-refractivity contribution in [3.8, 4) is 17.2 Å². The highest BCUT2D eigenvalue weighted by molar-refractivity contribution is 6.22. The first kappa shape index (κ1) is 26.9. The fourth-order valence-corrected chi connectivity index (χ4v) is 4.86. The number of nitriles is 1. The van der Waals surface area contributed by atoms with Crippen molar-refractivity contribution in [3.05, 3.63) is 88.0 Å². The molecule has 4 rings (SSSR count). The summed E-state index contributed by atoms with van der Waals surface area (Å²) < 4.78 is 20.0. The third-order valence-electron chi connectivity index (χ3n) is 6.47. The van der Waals surface area contributed by atoms with E-state index in [0.717, 1.165) is 34.0 Å². The molecule has 198 valence electrons. The molecule has 0 fully saturated rings. The second kappa shape index (κ2) is 11.1. The molecule has 0 aliphatic carbocycles. The van der Waals surface area contributed by atoms with Gasteiger partial charge in [-0.15, -0.1) is 0 Å². The van der Waals surface area contributed by atoms with E-state index >= 15 is 0 Å². The minimum atomic E-state index is -1.09. The third-order valence-corrected chi connectivity index (χ3v) is 6.47. The second-order valence-electron chi connectivity index (χ2n) is 8.42. The summed E-state index contributed by atoms with van der Waals surface area (Å²) in [5, 5.41) is 10.4. The van der Waals surface area contributed by atoms with Crippen LogP contribution in [-0.2, 0) is 25.5 Å². The third kappa shape index (κ3) is 4.44. The lowest BCUT2D eigenvalue weighted by molar-refractivity contribution is 0.0522. The average Bonchev–Trinajstić information content (AvgIpc) is 2.98. The van der Waals surface area contributed by atoms with Crippen LogP contribution in [0, 0.1) is 11.3 Å². The Kier molecular flexibility index (Phi) is 7.63. The highest BCUT2D eigenvalue weighted by Crippen LogP contribution is 2.51. The Bertz CT molecular complexity index is 1520. The lowest BCUT2D eigenvalue weighted by Crippen LogP contribution is -2.36. The van der Waals surface area contributed by atoms with Crippen LogP contribution in [0.4, 0.5) is 5.69 Å². The zero-order valence-corrected chi connectivity index (χ0v) is 21.6. The number of methoxy groups -OCH3 is 4. The van der Waals surface area contributed by atoms with Crippen LogP contribution >= 0.6 is 0 Å². The van der Waals surface area contributed by atoms with Crippen LogP contribution in [0.5, 0.6) is 0 Å². The molecule has 1 aliphatic heterocycles. The van der Waals surface area contributed by atoms with Crippen molar-refractivity contribution < 1.29 is 38.1 Å². The molecule has 0 spiro atoms. The number of benzene rings is 3. The molecule has 39 heavy (non-hydrogen) atoms. The van der Waals surface area contributed by atoms with E-state index in [1.165, 1.54) is 0 Å². The molecule has 0 bridgehead atoms. The van der Waals surface area contributed by atoms with Crippen LogP contribution < -0.4 is 4.90 Å². The largest absolute Gasteiger partial charge is 0.465 e. The lowest BCUT2D eigenvalue weighted by Gasteiger charge is -2.39. The van der Waals surface area contributed by atoms with Gasteiger partial charge in [0, 0.05) is 12.1 Å². The molecule has 1 aliphatic rings. The highest BCUT2D eigenvalue weighted by atomic mass is 16.5. The molecule has 3 aromatic rings. The summed E-state index contributed by atoms with van der Waals surface area (Å²) in [6.45, 7) is 0.100. The maximum Gasteiger partial charge on any atom is 0.340 e. The van der Waals surface area contributed by atoms with E-state index in [-0.39, 0.29) is 28.9 Å². The molecule has 0 saturated heterocycles. The van der Waals surface area contributed by atoms with Gasteiger partial charge in [0.2, 0.25) is 0 Å². The van der Waals surface area contributed by atoms with E-state index in [4.69, 9.17) is 18.9 Å². The maximum absolute atomic E-state index is 13.4. The Morgan fingerprint density at radius 1 is 0.718 bits per heavy atom. The van der Waals surface area contributed by atoms with Gasteiger partial charge in [-0.2, -0.15) is 5.26 Å². The molecule has 0 aromatic heterocycles. The average molecular weight is 529 g/mol. The summed E-state index contributed by atoms with van der Waals surface area (Å²) in [6, 6.07) is 17.3. The van der Waals surface area contributed by atoms with E-state index in [1.807, 2.05) is 30.3 Å². The van der Waals surface area contributed by atoms with E-state index < -0.39 is 41.0 Å². The molecule has 0 amide bonds. The van der Waals surface area contributed by atoms with Crippen molar-refractivity contribution in [2.24, 2.45) is 0 Å². The van der Waals surface area contributed by atoms with Crippen molar-refractivity contribution in [2.45, 2.75) is 12.6 Å². The van der Waals surface area contributed by atoms with E-state index in [0.29, 0.717) is 11.1 Å². The van der Waals surface area contributed by atoms with Crippen LogP contribution in [0.1, 0.15) is 58.6 Å². The number of ether oxygens (including phenoxy) is 4. The van der Waals surface area contributed by atoms with Crippen molar-refractivity contribution in [2.75, 3.05) is 33.3 Å². The summed E-state index contributed by atoms with van der Waals surface area (Å²) >= 11 is 0. The Balaban J connectivity index is 2.31. The molecule has 10 heteroatoms. The minimum absolute atomic E-state index is 0.0457. The standard InChI is InChI=1S/C29H24N2O8/c1-36-26(32)21-20-18-13-9-8-12-17(18)19(14-30)31(15-16-10-6-5-7-11-16)25(20)24(29(35)39-4)23(28(34)38-3)22(21)27(33)37-2/h5-13,19H,15H2,1-4H3. The number of hydrogen-bond acceptors (Lipinski definition) is 10. The Morgan fingerprint density at radius 3 is 1.77 bits per heavy atom. The topological polar surface area (TPSA) is 132 Å². The fraction of sp³-hybridized carbons (Fsp3) is 0.207. The summed E-state index contributed by atoms with van der Waals surface area (Å²) in [4.78, 5) is 54.8. The Labute approximate surface area is 224 Å². The molecule has 1 heterocycles. The van der Waals surface area contributed by atoms with Gasteiger partial charge in [0.1, 0.15) is 6.04 Å². The molecule has 0 N–H and O–H groups in total. The second-order valence-corrected chi connectivity index (χ2v) is 8.42. The first-order valence-corrected chi connectivity index (χ1v) is 11.7. The van der Waals surface area contributed by atoms with Gasteiger partial charge in [0.15, 0.2) is 0 Å². The summed E-state index contributed by atoms with van der Waals surface area (Å²) in [5.41, 5.74) is 0.145. The zero-order valence-electron chi connectivity index (χ0n) is 21.6. The number of anilines is 1. The van der Waals surface area contributed by atoms with Crippen LogP contribution in [0.25, 0.3) is 11.1 Å². The van der Waals surface area contributed by atoms with Crippen LogP contribution in [0.2, 0.25) is 0 Å². The van der Waals surface area contributed by atoms with Gasteiger partial charge >= 0.3 is 23.9 Å². The number of nitrogens with zero attached hydrogens (tertiary/aromatic N) is 2. The highest BCUT2D eigenvalue weighted by Gasteiger charge is 2.44. The Morgan fingerprint density at radius 2 is 1.21 bits per heavy atom. The summed E-state index contributed by atoms with van der Waals surface area (Å²) in [5.74, 6) is -4.10. The quantitative estimate of drug-likeness (QED) is 0.340. The predicted molar refractivity (Wildman–Crippen MR) is 138 cm³/mol. The maximum atomic E-state index is 13.4. The monoisotopic (exact) mass is 528 g/mol. The van der Waals surface area contributed by atoms with Crippen molar-refractivity contribution >= 4 is 29.6 Å². The molecular formula is C29H24N2O8. The van der Waals surface area contributed by atoms with Crippen LogP contribution in [-0.4, -0.2) is 52.3 Å². The number of hydrogen-bond donors (Lipinski definition) is 0. The predicted octanol–water partition coefficient (Wildman–Crippen LogP) is 4.08. The molecule has 1 atom stereocenters. The number of carbonyl (C=O) groups is 4. The summed E-state index contributed by atoms with van der Waals surface area (Å²) in [7, 11) is 4.37. The van der Waals surface area contributed by atoms with E-state index in [1.54, 1.807) is 29.2 Å². The van der Waals surface area contributed by atoms with Crippen molar-refractivity contribution in [1.29, 1.82) is 5.26 Å². The van der Waals surface area contributed by atoms with Gasteiger partial charge in [0.05, 0.1) is 62.4 Å². The van der Waals surface area contributed by atoms with E-state index in [2.05, 4.69) is 6.07 Å². The molecule has 3 aromatic carbocycles. The van der Waals surface area contributed by atoms with Crippen LogP contribution in [0.3, 0.4) is 0 Å². The first-order valence-electron chi connectivity index (χ1n) is 11.7. The molecular weight excluding hydrogens is 504 g/mol. The van der Waals surface area contributed by atoms with Gasteiger partial charge < -0.3 is 23.8 Å². The lowest BCUT2D eigenvalue weighted by atomic mass is 9.79. The molecule has 0 saturated carbocycles. The smallest absolute Gasteiger partial charge is 0.340 e. The summed E-state index contributed by atoms with van der Waals surface area (Å²) in [6.07, 6.45) is 0. The SMILES string of the molecule is COC(=O)c1c(C(=O)OC)c(C(=O)OC)c2c(c1C(=O)OC)-c1ccccc1C(C#N)N2Cc1ccccc1. The van der Waals surface area contributed by atoms with Gasteiger partial charge in [-0.05, 0) is 16.7 Å². The number of fused-ring (bicyclic) bond motifs is 3. The van der Waals surface area contributed by atoms with Gasteiger partial charge in [0.25, 0.3) is 0 Å². The number of carbonyl (C=O) groups excluding carboxylic acids is 4. The van der Waals surface area contributed by atoms with Gasteiger partial charge in [-0.25, -0.2) is 19.2 Å². The zero-order chi connectivity index (χ0) is 28.3. The Hall–Kier alpha value is -5.17. The number of rotatable bonds is 6. The molecule has 10 nitrogen and oxygen atoms in total. The first-order chi connectivity index (χ1) is 18.8. The van der Waals surface area contributed by atoms with E-state index in [9.17, 15) is 24.4 Å². The molecule has 1 unspecified atom stereocenters. The van der Waals surface area contributed by atoms with Gasteiger partial charge in [-0.3, -0.25) is 0 Å². The van der Waals surface area contributed by atoms with Crippen molar-refractivity contribution in [1.82, 2.24) is 0 Å².